The number of likely N-dealkylation sites (N-methyl/N-ethyl adjacent to an activating group) is 1. The molecule has 5 heteroatoms. The second-order valence-corrected chi connectivity index (χ2v) is 6.29. The van der Waals surface area contributed by atoms with Crippen molar-refractivity contribution in [2.24, 2.45) is 0 Å². The number of nitrogens with one attached hydrogen (secondary N) is 2. The quantitative estimate of drug-likeness (QED) is 0.838. The Kier molecular flexibility index (Phi) is 5.69. The van der Waals surface area contributed by atoms with Crippen LogP contribution in [-0.2, 0) is 11.3 Å². The number of carbonyl (C=O) groups excluding carboxylic acids is 1. The van der Waals surface area contributed by atoms with Gasteiger partial charge in [0.05, 0.1) is 7.05 Å². The Morgan fingerprint density at radius 1 is 1.27 bits per heavy atom. The molecule has 0 fully saturated rings. The summed E-state index contributed by atoms with van der Waals surface area (Å²) in [5.74, 6) is -0.312. The molecule has 1 unspecified atom stereocenters. The maximum atomic E-state index is 13.2. The molecule has 1 amide bonds. The summed E-state index contributed by atoms with van der Waals surface area (Å²) in [6.45, 7) is 2.45. The average molecular weight is 366 g/mol. The fourth-order valence-corrected chi connectivity index (χ4v) is 2.39. The largest absolute Gasteiger partial charge is 0.324 e. The van der Waals surface area contributed by atoms with Crippen molar-refractivity contribution < 1.29 is 14.1 Å². The third-order valence-electron chi connectivity index (χ3n) is 3.62. The van der Waals surface area contributed by atoms with Crippen molar-refractivity contribution in [2.75, 3.05) is 12.4 Å². The highest BCUT2D eigenvalue weighted by Gasteiger charge is 2.22. The predicted octanol–water partition coefficient (Wildman–Crippen LogP) is 2.63. The molecule has 2 aromatic carbocycles. The van der Waals surface area contributed by atoms with Crippen LogP contribution in [0.5, 0.6) is 0 Å². The highest BCUT2D eigenvalue weighted by molar-refractivity contribution is 9.10. The lowest BCUT2D eigenvalue weighted by atomic mass is 10.2. The summed E-state index contributed by atoms with van der Waals surface area (Å²) in [4.78, 5) is 13.3. The topological polar surface area (TPSA) is 33.5 Å². The van der Waals surface area contributed by atoms with Crippen LogP contribution in [0.25, 0.3) is 0 Å². The van der Waals surface area contributed by atoms with Crippen molar-refractivity contribution >= 4 is 27.5 Å². The molecule has 0 aliphatic rings. The first-order chi connectivity index (χ1) is 10.5. The lowest BCUT2D eigenvalue weighted by Gasteiger charge is -2.21. The van der Waals surface area contributed by atoms with Crippen LogP contribution in [0, 0.1) is 5.82 Å². The Bertz CT molecular complexity index is 645. The minimum atomic E-state index is -0.253. The lowest BCUT2D eigenvalue weighted by molar-refractivity contribution is -0.907. The minimum Gasteiger partial charge on any atom is -0.324 e. The summed E-state index contributed by atoms with van der Waals surface area (Å²) in [5, 5.41) is 2.89. The number of benzene rings is 2. The molecule has 2 aromatic rings. The molecule has 0 aromatic heterocycles. The van der Waals surface area contributed by atoms with Gasteiger partial charge in [-0.3, -0.25) is 4.79 Å². The van der Waals surface area contributed by atoms with Crippen LogP contribution in [0.3, 0.4) is 0 Å². The van der Waals surface area contributed by atoms with Gasteiger partial charge in [-0.1, -0.05) is 28.1 Å². The molecule has 0 bridgehead atoms. The van der Waals surface area contributed by atoms with E-state index in [0.29, 0.717) is 6.54 Å². The molecular formula is C17H19BrFN2O+. The fraction of sp³-hybridized carbons (Fsp3) is 0.235. The second-order valence-electron chi connectivity index (χ2n) is 5.37. The SMILES string of the molecule is C[C@@H](C(=O)Nc1ccc(Br)cc1)[NH+](C)Cc1cccc(F)c1. The maximum Gasteiger partial charge on any atom is 0.282 e. The Balaban J connectivity index is 1.95. The number of carbonyl (C=O) groups is 1. The molecule has 0 saturated heterocycles. The molecule has 2 atom stereocenters. The van der Waals surface area contributed by atoms with Gasteiger partial charge in [0.15, 0.2) is 6.04 Å². The first kappa shape index (κ1) is 16.6. The van der Waals surface area contributed by atoms with Crippen LogP contribution < -0.4 is 10.2 Å². The van der Waals surface area contributed by atoms with Crippen molar-refractivity contribution in [3.05, 3.63) is 64.4 Å². The van der Waals surface area contributed by atoms with Gasteiger partial charge >= 0.3 is 0 Å². The number of hydrogen-bond acceptors (Lipinski definition) is 1. The molecule has 0 aliphatic heterocycles. The van der Waals surface area contributed by atoms with E-state index in [-0.39, 0.29) is 17.8 Å². The number of rotatable bonds is 5. The molecule has 22 heavy (non-hydrogen) atoms. The first-order valence-electron chi connectivity index (χ1n) is 7.09. The van der Waals surface area contributed by atoms with E-state index in [1.807, 2.05) is 44.3 Å². The molecule has 0 saturated carbocycles. The zero-order valence-corrected chi connectivity index (χ0v) is 14.2. The van der Waals surface area contributed by atoms with Gasteiger partial charge in [0.25, 0.3) is 5.91 Å². The Labute approximate surface area is 138 Å². The standard InChI is InChI=1S/C17H18BrFN2O/c1-12(17(22)20-16-8-6-14(18)7-9-16)21(2)11-13-4-3-5-15(19)10-13/h3-10,12H,11H2,1-2H3,(H,20,22)/p+1/t12-/m0/s1. The Morgan fingerprint density at radius 3 is 2.59 bits per heavy atom. The number of hydrogen-bond donors (Lipinski definition) is 2. The van der Waals surface area contributed by atoms with Crippen LogP contribution in [0.4, 0.5) is 10.1 Å². The summed E-state index contributed by atoms with van der Waals surface area (Å²) >= 11 is 3.36. The molecule has 3 nitrogen and oxygen atoms in total. The molecular weight excluding hydrogens is 347 g/mol. The van der Waals surface area contributed by atoms with E-state index in [1.165, 1.54) is 12.1 Å². The summed E-state index contributed by atoms with van der Waals surface area (Å²) in [6.07, 6.45) is 0. The number of quaternary nitrogens is 1. The summed E-state index contributed by atoms with van der Waals surface area (Å²) in [5.41, 5.74) is 1.64. The van der Waals surface area contributed by atoms with E-state index in [0.717, 1.165) is 20.6 Å². The minimum absolute atomic E-state index is 0.0591. The average Bonchev–Trinajstić information content (AvgIpc) is 2.48. The summed E-state index contributed by atoms with van der Waals surface area (Å²) in [7, 11) is 1.93. The fourth-order valence-electron chi connectivity index (χ4n) is 2.13. The van der Waals surface area contributed by atoms with Crippen molar-refractivity contribution in [1.29, 1.82) is 0 Å². The second kappa shape index (κ2) is 7.51. The van der Waals surface area contributed by atoms with Crippen LogP contribution in [0.15, 0.2) is 53.0 Å². The molecule has 2 rings (SSSR count). The van der Waals surface area contributed by atoms with Crippen LogP contribution in [0.2, 0.25) is 0 Å². The number of halogens is 2. The number of anilines is 1. The third-order valence-corrected chi connectivity index (χ3v) is 4.14. The monoisotopic (exact) mass is 365 g/mol. The van der Waals surface area contributed by atoms with E-state index >= 15 is 0 Å². The molecule has 2 N–H and O–H groups in total. The normalized spacial score (nSPS) is 13.5. The van der Waals surface area contributed by atoms with E-state index in [9.17, 15) is 9.18 Å². The summed E-state index contributed by atoms with van der Waals surface area (Å²) in [6, 6.07) is 13.7. The van der Waals surface area contributed by atoms with Gasteiger partial charge in [-0.05, 0) is 43.3 Å². The van der Waals surface area contributed by atoms with E-state index in [1.54, 1.807) is 6.07 Å². The van der Waals surface area contributed by atoms with Gasteiger partial charge in [0.1, 0.15) is 12.4 Å². The van der Waals surface area contributed by atoms with Crippen LogP contribution >= 0.6 is 15.9 Å². The van der Waals surface area contributed by atoms with Crippen molar-refractivity contribution in [3.8, 4) is 0 Å². The summed E-state index contributed by atoms with van der Waals surface area (Å²) < 4.78 is 14.2. The third kappa shape index (κ3) is 4.64. The van der Waals surface area contributed by atoms with Crippen molar-refractivity contribution in [1.82, 2.24) is 0 Å². The van der Waals surface area contributed by atoms with Gasteiger partial charge in [-0.15, -0.1) is 0 Å². The number of amides is 1. The van der Waals surface area contributed by atoms with Crippen LogP contribution in [0.1, 0.15) is 12.5 Å². The van der Waals surface area contributed by atoms with E-state index in [4.69, 9.17) is 0 Å². The van der Waals surface area contributed by atoms with Gasteiger partial charge < -0.3 is 10.2 Å². The molecule has 0 heterocycles. The van der Waals surface area contributed by atoms with Crippen LogP contribution in [-0.4, -0.2) is 19.0 Å². The first-order valence-corrected chi connectivity index (χ1v) is 7.88. The predicted molar refractivity (Wildman–Crippen MR) is 89.2 cm³/mol. The smallest absolute Gasteiger partial charge is 0.282 e. The van der Waals surface area contributed by atoms with Crippen molar-refractivity contribution in [2.45, 2.75) is 19.5 Å². The highest BCUT2D eigenvalue weighted by Crippen LogP contribution is 2.14. The zero-order chi connectivity index (χ0) is 16.1. The highest BCUT2D eigenvalue weighted by atomic mass is 79.9. The maximum absolute atomic E-state index is 13.2. The molecule has 116 valence electrons. The Hall–Kier alpha value is -1.72. The van der Waals surface area contributed by atoms with Crippen molar-refractivity contribution in [3.63, 3.8) is 0 Å². The Morgan fingerprint density at radius 2 is 1.95 bits per heavy atom. The lowest BCUT2D eigenvalue weighted by Crippen LogP contribution is -3.12. The van der Waals surface area contributed by atoms with Gasteiger partial charge in [0.2, 0.25) is 0 Å². The van der Waals surface area contributed by atoms with E-state index in [2.05, 4.69) is 21.2 Å². The van der Waals surface area contributed by atoms with Gasteiger partial charge in [-0.25, -0.2) is 4.39 Å². The molecule has 0 aliphatic carbocycles. The molecule has 0 radical (unpaired) electrons. The zero-order valence-electron chi connectivity index (χ0n) is 12.6. The van der Waals surface area contributed by atoms with Gasteiger partial charge in [-0.2, -0.15) is 0 Å². The van der Waals surface area contributed by atoms with Gasteiger partial charge in [0, 0.05) is 15.7 Å². The van der Waals surface area contributed by atoms with E-state index < -0.39 is 0 Å². The molecule has 0 spiro atoms.